The Bertz CT molecular complexity index is 661. The van der Waals surface area contributed by atoms with E-state index in [1.54, 1.807) is 12.4 Å². The Morgan fingerprint density at radius 3 is 2.94 bits per heavy atom. The topological polar surface area (TPSA) is 41.6 Å². The Morgan fingerprint density at radius 2 is 2.17 bits per heavy atom. The van der Waals surface area contributed by atoms with Crippen LogP contribution in [0.15, 0.2) is 42.7 Å². The molecule has 0 atom stereocenters. The van der Waals surface area contributed by atoms with E-state index in [0.29, 0.717) is 5.88 Å². The molecule has 0 aliphatic carbocycles. The van der Waals surface area contributed by atoms with Crippen LogP contribution in [0.1, 0.15) is 5.56 Å². The number of aromatic nitrogens is 3. The fourth-order valence-electron chi connectivity index (χ4n) is 1.96. The third-order valence-corrected chi connectivity index (χ3v) is 3.05. The molecule has 3 aromatic rings. The predicted molar refractivity (Wildman–Crippen MR) is 73.7 cm³/mol. The molecule has 0 aliphatic rings. The smallest absolute Gasteiger partial charge is 0.140 e. The number of H-pyrrole nitrogens is 1. The average molecular weight is 258 g/mol. The number of fused-ring (bicyclic) bond motifs is 1. The number of nitrogens with one attached hydrogen (secondary N) is 1. The van der Waals surface area contributed by atoms with Gasteiger partial charge in [0.15, 0.2) is 0 Å². The normalized spacial score (nSPS) is 10.9. The van der Waals surface area contributed by atoms with Gasteiger partial charge in [0.2, 0.25) is 0 Å². The van der Waals surface area contributed by atoms with Crippen LogP contribution in [0.2, 0.25) is 0 Å². The van der Waals surface area contributed by atoms with Gasteiger partial charge in [0.25, 0.3) is 0 Å². The van der Waals surface area contributed by atoms with Crippen LogP contribution in [0, 0.1) is 0 Å². The highest BCUT2D eigenvalue weighted by Crippen LogP contribution is 2.20. The fourth-order valence-corrected chi connectivity index (χ4v) is 2.18. The van der Waals surface area contributed by atoms with Crippen LogP contribution in [0.4, 0.5) is 0 Å². The summed E-state index contributed by atoms with van der Waals surface area (Å²) in [7, 11) is 0. The van der Waals surface area contributed by atoms with Gasteiger partial charge in [-0.3, -0.25) is 4.98 Å². The van der Waals surface area contributed by atoms with Crippen molar-refractivity contribution in [1.29, 1.82) is 0 Å². The van der Waals surface area contributed by atoms with Crippen LogP contribution >= 0.6 is 11.6 Å². The molecule has 2 aromatic heterocycles. The van der Waals surface area contributed by atoms with Gasteiger partial charge in [-0.2, -0.15) is 0 Å². The number of aromatic amines is 1. The number of hydrogen-bond donors (Lipinski definition) is 1. The minimum absolute atomic E-state index is 0.634. The van der Waals surface area contributed by atoms with E-state index in [9.17, 15) is 0 Å². The molecule has 3 nitrogen and oxygen atoms in total. The van der Waals surface area contributed by atoms with Gasteiger partial charge < -0.3 is 4.98 Å². The highest BCUT2D eigenvalue weighted by molar-refractivity contribution is 6.18. The Hall–Kier alpha value is -1.87. The number of hydrogen-bond acceptors (Lipinski definition) is 2. The second kappa shape index (κ2) is 4.78. The zero-order valence-corrected chi connectivity index (χ0v) is 10.5. The first-order valence-electron chi connectivity index (χ1n) is 5.82. The monoisotopic (exact) mass is 257 g/mol. The van der Waals surface area contributed by atoms with Crippen molar-refractivity contribution in [2.45, 2.75) is 6.42 Å². The summed E-state index contributed by atoms with van der Waals surface area (Å²) in [5.74, 6) is 1.48. The zero-order valence-electron chi connectivity index (χ0n) is 9.73. The van der Waals surface area contributed by atoms with Crippen molar-refractivity contribution < 1.29 is 0 Å². The lowest BCUT2D eigenvalue weighted by molar-refractivity contribution is 1.15. The Balaban J connectivity index is 2.06. The molecule has 18 heavy (non-hydrogen) atoms. The first-order chi connectivity index (χ1) is 8.86. The summed E-state index contributed by atoms with van der Waals surface area (Å²) < 4.78 is 0. The summed E-state index contributed by atoms with van der Waals surface area (Å²) in [6.45, 7) is 0. The number of pyridine rings is 1. The first-order valence-corrected chi connectivity index (χ1v) is 6.35. The molecule has 0 saturated carbocycles. The van der Waals surface area contributed by atoms with E-state index in [1.807, 2.05) is 18.2 Å². The van der Waals surface area contributed by atoms with E-state index in [-0.39, 0.29) is 0 Å². The minimum atomic E-state index is 0.634. The summed E-state index contributed by atoms with van der Waals surface area (Å²) in [5, 5.41) is 0. The zero-order chi connectivity index (χ0) is 12.4. The highest BCUT2D eigenvalue weighted by Gasteiger charge is 2.05. The molecular weight excluding hydrogens is 246 g/mol. The van der Waals surface area contributed by atoms with E-state index in [4.69, 9.17) is 11.6 Å². The molecule has 0 amide bonds. The molecule has 0 bridgehead atoms. The predicted octanol–water partition coefficient (Wildman–Crippen LogP) is 3.41. The number of alkyl halides is 1. The molecule has 1 aromatic carbocycles. The summed E-state index contributed by atoms with van der Waals surface area (Å²) in [6.07, 6.45) is 4.43. The molecule has 3 rings (SSSR count). The molecule has 4 heteroatoms. The molecule has 0 fully saturated rings. The number of aryl methyl sites for hydroxylation is 1. The van der Waals surface area contributed by atoms with Crippen LogP contribution in [0.25, 0.3) is 22.4 Å². The standard InChI is InChI=1S/C14H12ClN3/c15-6-5-10-3-4-12-13(8-10)18-14(17-12)11-2-1-7-16-9-11/h1-4,7-9H,5-6H2,(H,17,18). The number of benzene rings is 1. The van der Waals surface area contributed by atoms with Gasteiger partial charge in [0.1, 0.15) is 5.82 Å². The highest BCUT2D eigenvalue weighted by atomic mass is 35.5. The maximum Gasteiger partial charge on any atom is 0.140 e. The van der Waals surface area contributed by atoms with Crippen molar-refractivity contribution in [2.75, 3.05) is 5.88 Å². The molecule has 0 aliphatic heterocycles. The van der Waals surface area contributed by atoms with Gasteiger partial charge in [-0.05, 0) is 36.2 Å². The van der Waals surface area contributed by atoms with E-state index >= 15 is 0 Å². The van der Waals surface area contributed by atoms with Gasteiger partial charge in [0.05, 0.1) is 11.0 Å². The average Bonchev–Trinajstić information content (AvgIpc) is 2.83. The molecule has 0 radical (unpaired) electrons. The maximum absolute atomic E-state index is 5.75. The Morgan fingerprint density at radius 1 is 1.22 bits per heavy atom. The molecule has 2 heterocycles. The fraction of sp³-hybridized carbons (Fsp3) is 0.143. The van der Waals surface area contributed by atoms with Crippen LogP contribution < -0.4 is 0 Å². The van der Waals surface area contributed by atoms with Gasteiger partial charge >= 0.3 is 0 Å². The number of halogens is 1. The second-order valence-electron chi connectivity index (χ2n) is 4.12. The van der Waals surface area contributed by atoms with E-state index in [0.717, 1.165) is 28.8 Å². The second-order valence-corrected chi connectivity index (χ2v) is 4.50. The van der Waals surface area contributed by atoms with Crippen LogP contribution in [-0.2, 0) is 6.42 Å². The van der Waals surface area contributed by atoms with Gasteiger partial charge in [-0.15, -0.1) is 11.6 Å². The number of nitrogens with zero attached hydrogens (tertiary/aromatic N) is 2. The third-order valence-electron chi connectivity index (χ3n) is 2.86. The molecular formula is C14H12ClN3. The lowest BCUT2D eigenvalue weighted by atomic mass is 10.1. The molecule has 1 N–H and O–H groups in total. The lowest BCUT2D eigenvalue weighted by Crippen LogP contribution is -1.84. The van der Waals surface area contributed by atoms with Crippen molar-refractivity contribution in [3.63, 3.8) is 0 Å². The molecule has 0 spiro atoms. The Labute approximate surface area is 110 Å². The SMILES string of the molecule is ClCCc1ccc2nc(-c3cccnc3)[nH]c2c1. The molecule has 0 saturated heterocycles. The maximum atomic E-state index is 5.75. The van der Waals surface area contributed by atoms with E-state index in [1.165, 1.54) is 5.56 Å². The van der Waals surface area contributed by atoms with Crippen LogP contribution in [0.3, 0.4) is 0 Å². The van der Waals surface area contributed by atoms with E-state index < -0.39 is 0 Å². The van der Waals surface area contributed by atoms with Crippen LogP contribution in [-0.4, -0.2) is 20.8 Å². The van der Waals surface area contributed by atoms with Gasteiger partial charge in [-0.1, -0.05) is 6.07 Å². The summed E-state index contributed by atoms with van der Waals surface area (Å²) >= 11 is 5.75. The van der Waals surface area contributed by atoms with Crippen molar-refractivity contribution in [3.8, 4) is 11.4 Å². The largest absolute Gasteiger partial charge is 0.338 e. The minimum Gasteiger partial charge on any atom is -0.338 e. The first kappa shape index (κ1) is 11.2. The van der Waals surface area contributed by atoms with Crippen molar-refractivity contribution >= 4 is 22.6 Å². The lowest BCUT2D eigenvalue weighted by Gasteiger charge is -1.96. The van der Waals surface area contributed by atoms with Crippen molar-refractivity contribution in [2.24, 2.45) is 0 Å². The number of imidazole rings is 1. The van der Waals surface area contributed by atoms with E-state index in [2.05, 4.69) is 27.1 Å². The van der Waals surface area contributed by atoms with Crippen LogP contribution in [0.5, 0.6) is 0 Å². The Kier molecular flexibility index (Phi) is 2.99. The molecule has 90 valence electrons. The molecule has 0 unspecified atom stereocenters. The summed E-state index contributed by atoms with van der Waals surface area (Å²) in [5.41, 5.74) is 4.22. The van der Waals surface area contributed by atoms with Gasteiger partial charge in [0, 0.05) is 23.8 Å². The summed E-state index contributed by atoms with van der Waals surface area (Å²) in [4.78, 5) is 12.0. The van der Waals surface area contributed by atoms with Crippen molar-refractivity contribution in [3.05, 3.63) is 48.3 Å². The summed E-state index contributed by atoms with van der Waals surface area (Å²) in [6, 6.07) is 10.1. The van der Waals surface area contributed by atoms with Gasteiger partial charge in [-0.25, -0.2) is 4.98 Å². The van der Waals surface area contributed by atoms with Crippen molar-refractivity contribution in [1.82, 2.24) is 15.0 Å². The third kappa shape index (κ3) is 2.09. The quantitative estimate of drug-likeness (QED) is 0.731. The number of rotatable bonds is 3.